The lowest BCUT2D eigenvalue weighted by molar-refractivity contribution is -0.193. The van der Waals surface area contributed by atoms with Crippen LogP contribution in [0.4, 0.5) is 23.7 Å². The third-order valence-electron chi connectivity index (χ3n) is 2.30. The van der Waals surface area contributed by atoms with Crippen LogP contribution in [0.25, 0.3) is 0 Å². The molecule has 0 bridgehead atoms. The molecule has 2 heterocycles. The maximum absolute atomic E-state index is 12.6. The number of hydrogen-bond acceptors (Lipinski definition) is 3. The zero-order chi connectivity index (χ0) is 12.6. The number of hydrogen-bond donors (Lipinski definition) is 1. The minimum absolute atomic E-state index is 0.0626. The van der Waals surface area contributed by atoms with Crippen LogP contribution in [0.3, 0.4) is 0 Å². The van der Waals surface area contributed by atoms with Crippen molar-refractivity contribution < 1.29 is 22.7 Å². The van der Waals surface area contributed by atoms with Gasteiger partial charge >= 0.3 is 12.2 Å². The second-order valence-corrected chi connectivity index (χ2v) is 3.44. The Morgan fingerprint density at radius 3 is 2.88 bits per heavy atom. The second kappa shape index (κ2) is 3.79. The number of urea groups is 1. The fourth-order valence-electron chi connectivity index (χ4n) is 1.51. The molecular formula is C9H8F3N3O2. The number of aromatic nitrogens is 1. The van der Waals surface area contributed by atoms with Crippen LogP contribution >= 0.6 is 0 Å². The summed E-state index contributed by atoms with van der Waals surface area (Å²) in [6.07, 6.45) is -4.14. The Labute approximate surface area is 94.0 Å². The van der Waals surface area contributed by atoms with Crippen LogP contribution in [-0.4, -0.2) is 29.8 Å². The van der Waals surface area contributed by atoms with Gasteiger partial charge in [0.25, 0.3) is 0 Å². The number of anilines is 1. The molecule has 2 N–H and O–H groups in total. The van der Waals surface area contributed by atoms with Crippen molar-refractivity contribution in [3.63, 3.8) is 0 Å². The van der Waals surface area contributed by atoms with Crippen LogP contribution in [0, 0.1) is 0 Å². The quantitative estimate of drug-likeness (QED) is 0.751. The number of carbonyl (C=O) groups is 1. The zero-order valence-corrected chi connectivity index (χ0v) is 8.44. The van der Waals surface area contributed by atoms with E-state index in [2.05, 4.69) is 4.98 Å². The van der Waals surface area contributed by atoms with Gasteiger partial charge < -0.3 is 10.5 Å². The third kappa shape index (κ3) is 2.10. The summed E-state index contributed by atoms with van der Waals surface area (Å²) in [5.74, 6) is -0.0626. The summed E-state index contributed by atoms with van der Waals surface area (Å²) in [6, 6.07) is 0.278. The van der Waals surface area contributed by atoms with Gasteiger partial charge in [-0.2, -0.15) is 13.2 Å². The van der Waals surface area contributed by atoms with Gasteiger partial charge in [0.05, 0.1) is 12.7 Å². The molecule has 0 saturated carbocycles. The van der Waals surface area contributed by atoms with Gasteiger partial charge in [-0.15, -0.1) is 0 Å². The van der Waals surface area contributed by atoms with Crippen LogP contribution in [0.1, 0.15) is 0 Å². The fraction of sp³-hybridized carbons (Fsp3) is 0.333. The molecule has 0 aliphatic carbocycles. The predicted molar refractivity (Wildman–Crippen MR) is 51.6 cm³/mol. The first-order valence-corrected chi connectivity index (χ1v) is 4.64. The Hall–Kier alpha value is -1.99. The number of carbonyl (C=O) groups excluding carboxylic acids is 1. The highest BCUT2D eigenvalue weighted by molar-refractivity contribution is 5.92. The largest absolute Gasteiger partial charge is 0.477 e. The molecule has 0 fully saturated rings. The molecule has 2 rings (SSSR count). The summed E-state index contributed by atoms with van der Waals surface area (Å²) in [5.41, 5.74) is 5.16. The topological polar surface area (TPSA) is 68.5 Å². The van der Waals surface area contributed by atoms with E-state index in [1.807, 2.05) is 0 Å². The number of nitrogens with two attached hydrogens (primary N) is 1. The molecule has 2 amide bonds. The van der Waals surface area contributed by atoms with Crippen LogP contribution < -0.4 is 15.4 Å². The number of halogens is 3. The van der Waals surface area contributed by atoms with E-state index in [1.54, 1.807) is 0 Å². The Morgan fingerprint density at radius 2 is 2.29 bits per heavy atom. The molecule has 0 saturated heterocycles. The first-order chi connectivity index (χ1) is 7.89. The summed E-state index contributed by atoms with van der Waals surface area (Å²) in [7, 11) is 0. The van der Waals surface area contributed by atoms with E-state index < -0.39 is 24.9 Å². The van der Waals surface area contributed by atoms with Gasteiger partial charge in [-0.05, 0) is 0 Å². The van der Waals surface area contributed by atoms with E-state index in [4.69, 9.17) is 10.5 Å². The number of alkyl halides is 3. The molecule has 1 aliphatic heterocycles. The predicted octanol–water partition coefficient (Wildman–Crippen LogP) is 1.29. The van der Waals surface area contributed by atoms with Crippen molar-refractivity contribution in [2.24, 2.45) is 5.73 Å². The normalized spacial score (nSPS) is 19.5. The lowest BCUT2D eigenvalue weighted by Crippen LogP contribution is -2.51. The number of rotatable bonds is 0. The summed E-state index contributed by atoms with van der Waals surface area (Å²) in [4.78, 5) is 15.6. The Morgan fingerprint density at radius 1 is 1.59 bits per heavy atom. The summed E-state index contributed by atoms with van der Waals surface area (Å²) >= 11 is 0. The minimum atomic E-state index is -4.56. The average Bonchev–Trinajstić information content (AvgIpc) is 2.26. The molecule has 1 atom stereocenters. The van der Waals surface area contributed by atoms with Gasteiger partial charge in [0.2, 0.25) is 6.10 Å². The monoisotopic (exact) mass is 247 g/mol. The lowest BCUT2D eigenvalue weighted by atomic mass is 10.2. The molecule has 5 nitrogen and oxygen atoms in total. The van der Waals surface area contributed by atoms with Gasteiger partial charge in [-0.3, -0.25) is 9.88 Å². The van der Waals surface area contributed by atoms with E-state index >= 15 is 0 Å². The van der Waals surface area contributed by atoms with Crippen molar-refractivity contribution in [3.8, 4) is 5.75 Å². The van der Waals surface area contributed by atoms with Gasteiger partial charge in [-0.25, -0.2) is 4.79 Å². The third-order valence-corrected chi connectivity index (χ3v) is 2.30. The zero-order valence-electron chi connectivity index (χ0n) is 8.44. The Balaban J connectivity index is 2.40. The van der Waals surface area contributed by atoms with E-state index in [0.717, 1.165) is 4.90 Å². The highest BCUT2D eigenvalue weighted by atomic mass is 19.4. The molecule has 1 unspecified atom stereocenters. The van der Waals surface area contributed by atoms with Crippen molar-refractivity contribution >= 4 is 11.7 Å². The fourth-order valence-corrected chi connectivity index (χ4v) is 1.51. The molecule has 1 aromatic rings. The molecule has 17 heavy (non-hydrogen) atoms. The second-order valence-electron chi connectivity index (χ2n) is 3.44. The highest BCUT2D eigenvalue weighted by Crippen LogP contribution is 2.36. The minimum Gasteiger partial charge on any atom is -0.477 e. The number of amides is 2. The van der Waals surface area contributed by atoms with E-state index in [1.165, 1.54) is 18.5 Å². The molecule has 0 radical (unpaired) electrons. The summed E-state index contributed by atoms with van der Waals surface area (Å²) in [5, 5.41) is 0. The van der Waals surface area contributed by atoms with Crippen LogP contribution in [0.15, 0.2) is 18.5 Å². The smallest absolute Gasteiger partial charge is 0.427 e. The number of ether oxygens (including phenoxy) is 1. The van der Waals surface area contributed by atoms with Crippen molar-refractivity contribution in [2.75, 3.05) is 11.4 Å². The standard InChI is InChI=1S/C9H8F3N3O2/c10-9(11,12)7-4-15(8(13)16)5-3-14-2-1-6(5)17-7/h1-3,7H,4H2,(H2,13,16). The molecule has 1 aliphatic rings. The maximum atomic E-state index is 12.6. The number of fused-ring (bicyclic) bond motifs is 1. The molecule has 0 aromatic carbocycles. The Bertz CT molecular complexity index is 449. The first kappa shape index (κ1) is 11.5. The van der Waals surface area contributed by atoms with Gasteiger partial charge in [-0.1, -0.05) is 0 Å². The summed E-state index contributed by atoms with van der Waals surface area (Å²) in [6.45, 7) is -0.669. The van der Waals surface area contributed by atoms with Crippen LogP contribution in [0.5, 0.6) is 5.75 Å². The van der Waals surface area contributed by atoms with Crippen molar-refractivity contribution in [3.05, 3.63) is 18.5 Å². The first-order valence-electron chi connectivity index (χ1n) is 4.64. The van der Waals surface area contributed by atoms with Crippen molar-refractivity contribution in [1.82, 2.24) is 4.98 Å². The van der Waals surface area contributed by atoms with E-state index in [-0.39, 0.29) is 11.4 Å². The SMILES string of the molecule is NC(=O)N1CC(C(F)(F)F)Oc2ccncc21. The van der Waals surface area contributed by atoms with E-state index in [9.17, 15) is 18.0 Å². The average molecular weight is 247 g/mol. The molecular weight excluding hydrogens is 239 g/mol. The van der Waals surface area contributed by atoms with Gasteiger partial charge in [0.1, 0.15) is 11.4 Å². The molecule has 8 heteroatoms. The van der Waals surface area contributed by atoms with E-state index in [0.29, 0.717) is 0 Å². The van der Waals surface area contributed by atoms with Crippen LogP contribution in [-0.2, 0) is 0 Å². The van der Waals surface area contributed by atoms with Gasteiger partial charge in [0, 0.05) is 12.3 Å². The molecule has 1 aromatic heterocycles. The number of primary amides is 1. The highest BCUT2D eigenvalue weighted by Gasteiger charge is 2.46. The van der Waals surface area contributed by atoms with Crippen molar-refractivity contribution in [2.45, 2.75) is 12.3 Å². The molecule has 0 spiro atoms. The summed E-state index contributed by atoms with van der Waals surface area (Å²) < 4.78 is 42.4. The van der Waals surface area contributed by atoms with Gasteiger partial charge in [0.15, 0.2) is 0 Å². The van der Waals surface area contributed by atoms with Crippen molar-refractivity contribution in [1.29, 1.82) is 0 Å². The molecule has 92 valence electrons. The Kier molecular flexibility index (Phi) is 2.56. The number of pyridine rings is 1. The van der Waals surface area contributed by atoms with Crippen LogP contribution in [0.2, 0.25) is 0 Å². The number of nitrogens with zero attached hydrogens (tertiary/aromatic N) is 2. The lowest BCUT2D eigenvalue weighted by Gasteiger charge is -2.34. The maximum Gasteiger partial charge on any atom is 0.427 e.